The first-order valence-corrected chi connectivity index (χ1v) is 9.99. The Morgan fingerprint density at radius 3 is 2.84 bits per heavy atom. The molecular weight excluding hydrogens is 400 g/mol. The van der Waals surface area contributed by atoms with E-state index < -0.39 is 11.3 Å². The number of carbonyl (C=O) groups is 2. The van der Waals surface area contributed by atoms with Gasteiger partial charge in [0.2, 0.25) is 11.6 Å². The van der Waals surface area contributed by atoms with Crippen molar-refractivity contribution in [3.8, 4) is 0 Å². The summed E-state index contributed by atoms with van der Waals surface area (Å²) in [5, 5.41) is 5.81. The van der Waals surface area contributed by atoms with E-state index in [-0.39, 0.29) is 28.1 Å². The highest BCUT2D eigenvalue weighted by Crippen LogP contribution is 2.38. The maximum atomic E-state index is 13.1. The van der Waals surface area contributed by atoms with Crippen LogP contribution in [0, 0.1) is 6.92 Å². The van der Waals surface area contributed by atoms with Gasteiger partial charge in [0.1, 0.15) is 17.5 Å². The molecule has 1 aliphatic rings. The first-order valence-electron chi connectivity index (χ1n) is 9.99. The second-order valence-corrected chi connectivity index (χ2v) is 8.10. The summed E-state index contributed by atoms with van der Waals surface area (Å²) in [7, 11) is 1.60. The molecule has 4 rings (SSSR count). The number of anilines is 2. The molecule has 0 unspecified atom stereocenters. The Bertz CT molecular complexity index is 1250. The van der Waals surface area contributed by atoms with Gasteiger partial charge in [0, 0.05) is 31.6 Å². The van der Waals surface area contributed by atoms with Crippen LogP contribution in [0.4, 0.5) is 11.4 Å². The van der Waals surface area contributed by atoms with Gasteiger partial charge in [-0.25, -0.2) is 4.98 Å². The molecule has 0 atom stereocenters. The Hall–Kier alpha value is -3.46. The zero-order valence-corrected chi connectivity index (χ0v) is 17.9. The molecular formula is C22H24N4O5. The van der Waals surface area contributed by atoms with Crippen LogP contribution in [-0.2, 0) is 21.5 Å². The van der Waals surface area contributed by atoms with E-state index in [0.29, 0.717) is 31.0 Å². The van der Waals surface area contributed by atoms with E-state index in [1.807, 2.05) is 13.8 Å². The predicted octanol–water partition coefficient (Wildman–Crippen LogP) is 2.82. The van der Waals surface area contributed by atoms with Crippen molar-refractivity contribution in [1.82, 2.24) is 9.55 Å². The van der Waals surface area contributed by atoms with Crippen LogP contribution in [0.2, 0.25) is 0 Å². The number of amides is 2. The lowest BCUT2D eigenvalue weighted by molar-refractivity contribution is -0.119. The SMILES string of the molecule is COCCCn1cnc2oc(C)c(C(=O)Nc3ccc4c(c3)C(C)(C)C(=O)N4)c2c1=O. The highest BCUT2D eigenvalue weighted by molar-refractivity contribution is 6.13. The van der Waals surface area contributed by atoms with Gasteiger partial charge in [-0.2, -0.15) is 0 Å². The maximum Gasteiger partial charge on any atom is 0.265 e. The Balaban J connectivity index is 1.68. The zero-order chi connectivity index (χ0) is 22.3. The number of nitrogens with one attached hydrogen (secondary N) is 2. The molecule has 162 valence electrons. The molecule has 0 bridgehead atoms. The second-order valence-electron chi connectivity index (χ2n) is 8.10. The summed E-state index contributed by atoms with van der Waals surface area (Å²) < 4.78 is 12.1. The zero-order valence-electron chi connectivity index (χ0n) is 17.9. The number of carbonyl (C=O) groups excluding carboxylic acids is 2. The molecule has 0 fully saturated rings. The molecule has 2 aromatic heterocycles. The standard InChI is InChI=1S/C22H24N4O5/c1-12-16(17-19(31-12)23-11-26(20(17)28)8-5-9-30-4)18(27)24-13-6-7-15-14(10-13)22(2,3)21(29)25-15/h6-7,10-11H,5,8-9H2,1-4H3,(H,24,27)(H,25,29). The van der Waals surface area contributed by atoms with Gasteiger partial charge in [-0.3, -0.25) is 19.0 Å². The summed E-state index contributed by atoms with van der Waals surface area (Å²) in [6.07, 6.45) is 2.05. The molecule has 0 saturated carbocycles. The number of furan rings is 1. The maximum absolute atomic E-state index is 13.1. The monoisotopic (exact) mass is 424 g/mol. The molecule has 1 aromatic carbocycles. The summed E-state index contributed by atoms with van der Waals surface area (Å²) in [6, 6.07) is 5.23. The third-order valence-corrected chi connectivity index (χ3v) is 5.60. The third kappa shape index (κ3) is 3.50. The Morgan fingerprint density at radius 2 is 2.10 bits per heavy atom. The largest absolute Gasteiger partial charge is 0.442 e. The van der Waals surface area contributed by atoms with Gasteiger partial charge in [-0.05, 0) is 51.0 Å². The molecule has 0 saturated heterocycles. The van der Waals surface area contributed by atoms with E-state index in [1.54, 1.807) is 32.2 Å². The number of aromatic nitrogens is 2. The van der Waals surface area contributed by atoms with E-state index in [2.05, 4.69) is 15.6 Å². The number of aryl methyl sites for hydroxylation is 2. The van der Waals surface area contributed by atoms with E-state index in [9.17, 15) is 14.4 Å². The summed E-state index contributed by atoms with van der Waals surface area (Å²) in [5.41, 5.74) is 1.28. The van der Waals surface area contributed by atoms with Gasteiger partial charge in [0.15, 0.2) is 0 Å². The highest BCUT2D eigenvalue weighted by atomic mass is 16.5. The average Bonchev–Trinajstić information content (AvgIpc) is 3.18. The van der Waals surface area contributed by atoms with Gasteiger partial charge in [-0.1, -0.05) is 0 Å². The van der Waals surface area contributed by atoms with Crippen molar-refractivity contribution >= 4 is 34.3 Å². The number of methoxy groups -OCH3 is 1. The van der Waals surface area contributed by atoms with Gasteiger partial charge >= 0.3 is 0 Å². The van der Waals surface area contributed by atoms with E-state index in [0.717, 1.165) is 11.3 Å². The van der Waals surface area contributed by atoms with Crippen molar-refractivity contribution in [2.45, 2.75) is 39.2 Å². The number of fused-ring (bicyclic) bond motifs is 2. The summed E-state index contributed by atoms with van der Waals surface area (Å²) in [6.45, 7) is 6.20. The van der Waals surface area contributed by atoms with Crippen molar-refractivity contribution in [1.29, 1.82) is 0 Å². The first-order chi connectivity index (χ1) is 14.7. The Morgan fingerprint density at radius 1 is 1.32 bits per heavy atom. The highest BCUT2D eigenvalue weighted by Gasteiger charge is 2.38. The average molecular weight is 424 g/mol. The van der Waals surface area contributed by atoms with Crippen LogP contribution in [0.1, 0.15) is 41.9 Å². The quantitative estimate of drug-likeness (QED) is 0.588. The minimum Gasteiger partial charge on any atom is -0.442 e. The minimum atomic E-state index is -0.700. The smallest absolute Gasteiger partial charge is 0.265 e. The van der Waals surface area contributed by atoms with Gasteiger partial charge in [0.05, 0.1) is 11.0 Å². The van der Waals surface area contributed by atoms with Crippen LogP contribution in [0.25, 0.3) is 11.1 Å². The molecule has 3 heterocycles. The molecule has 3 aromatic rings. The number of hydrogen-bond donors (Lipinski definition) is 2. The second kappa shape index (κ2) is 7.66. The normalized spacial score (nSPS) is 14.5. The molecule has 0 aliphatic carbocycles. The molecule has 2 N–H and O–H groups in total. The number of ether oxygens (including phenoxy) is 1. The fourth-order valence-electron chi connectivity index (χ4n) is 3.79. The van der Waals surface area contributed by atoms with Crippen LogP contribution >= 0.6 is 0 Å². The summed E-state index contributed by atoms with van der Waals surface area (Å²) >= 11 is 0. The van der Waals surface area contributed by atoms with Gasteiger partial charge < -0.3 is 19.8 Å². The fraction of sp³-hybridized carbons (Fsp3) is 0.364. The van der Waals surface area contributed by atoms with E-state index in [4.69, 9.17) is 9.15 Å². The topological polar surface area (TPSA) is 115 Å². The summed E-state index contributed by atoms with van der Waals surface area (Å²) in [5.74, 6) is -0.257. The number of nitrogens with zero attached hydrogens (tertiary/aromatic N) is 2. The van der Waals surface area contributed by atoms with Crippen molar-refractivity contribution in [3.05, 3.63) is 51.8 Å². The molecule has 9 heteroatoms. The van der Waals surface area contributed by atoms with Crippen LogP contribution in [0.15, 0.2) is 33.7 Å². The molecule has 0 spiro atoms. The van der Waals surface area contributed by atoms with Crippen molar-refractivity contribution in [3.63, 3.8) is 0 Å². The van der Waals surface area contributed by atoms with Gasteiger partial charge in [0.25, 0.3) is 11.5 Å². The number of benzene rings is 1. The van der Waals surface area contributed by atoms with Crippen LogP contribution in [0.5, 0.6) is 0 Å². The Kier molecular flexibility index (Phi) is 5.14. The van der Waals surface area contributed by atoms with Crippen molar-refractivity contribution < 1.29 is 18.7 Å². The molecule has 2 amide bonds. The molecule has 9 nitrogen and oxygen atoms in total. The lowest BCUT2D eigenvalue weighted by Gasteiger charge is -2.16. The Labute approximate surface area is 178 Å². The molecule has 31 heavy (non-hydrogen) atoms. The number of rotatable bonds is 6. The van der Waals surface area contributed by atoms with E-state index in [1.165, 1.54) is 10.9 Å². The van der Waals surface area contributed by atoms with E-state index >= 15 is 0 Å². The fourth-order valence-corrected chi connectivity index (χ4v) is 3.79. The predicted molar refractivity (Wildman–Crippen MR) is 116 cm³/mol. The summed E-state index contributed by atoms with van der Waals surface area (Å²) in [4.78, 5) is 42.5. The third-order valence-electron chi connectivity index (χ3n) is 5.60. The minimum absolute atomic E-state index is 0.0947. The molecule has 0 radical (unpaired) electrons. The van der Waals surface area contributed by atoms with Crippen molar-refractivity contribution in [2.75, 3.05) is 24.4 Å². The van der Waals surface area contributed by atoms with Crippen LogP contribution < -0.4 is 16.2 Å². The van der Waals surface area contributed by atoms with Crippen molar-refractivity contribution in [2.24, 2.45) is 0 Å². The number of hydrogen-bond acceptors (Lipinski definition) is 6. The van der Waals surface area contributed by atoms with Gasteiger partial charge in [-0.15, -0.1) is 0 Å². The molecule has 1 aliphatic heterocycles. The lowest BCUT2D eigenvalue weighted by Crippen LogP contribution is -2.27. The van der Waals surface area contributed by atoms with Crippen LogP contribution in [-0.4, -0.2) is 35.1 Å². The first kappa shape index (κ1) is 20.8. The van der Waals surface area contributed by atoms with Crippen LogP contribution in [0.3, 0.4) is 0 Å². The lowest BCUT2D eigenvalue weighted by atomic mass is 9.86.